The van der Waals surface area contributed by atoms with E-state index in [4.69, 9.17) is 5.11 Å². The van der Waals surface area contributed by atoms with Crippen LogP contribution in [0.25, 0.3) is 0 Å². The molecule has 21 heavy (non-hydrogen) atoms. The Balaban J connectivity index is 2.20. The largest absolute Gasteiger partial charge is 0.396 e. The van der Waals surface area contributed by atoms with Gasteiger partial charge in [0.25, 0.3) is 5.91 Å². The Morgan fingerprint density at radius 2 is 1.86 bits per heavy atom. The molecule has 3 N–H and O–H groups in total. The van der Waals surface area contributed by atoms with E-state index in [0.29, 0.717) is 12.1 Å². The Morgan fingerprint density at radius 1 is 1.19 bits per heavy atom. The smallest absolute Gasteiger partial charge is 0.251 e. The first kappa shape index (κ1) is 17.2. The minimum absolute atomic E-state index is 0.0255. The highest BCUT2D eigenvalue weighted by Gasteiger charge is 2.07. The molecular weight excluding hydrogens is 268 g/mol. The van der Waals surface area contributed by atoms with Crippen LogP contribution in [0, 0.1) is 12.8 Å². The van der Waals surface area contributed by atoms with Crippen LogP contribution in [-0.2, 0) is 4.79 Å². The third-order valence-electron chi connectivity index (χ3n) is 3.23. The molecule has 0 bridgehead atoms. The van der Waals surface area contributed by atoms with Crippen LogP contribution in [0.5, 0.6) is 0 Å². The topological polar surface area (TPSA) is 78.4 Å². The first-order valence-corrected chi connectivity index (χ1v) is 7.25. The van der Waals surface area contributed by atoms with Gasteiger partial charge in [0.15, 0.2) is 0 Å². The maximum absolute atomic E-state index is 11.8. The Bertz CT molecular complexity index is 457. The molecule has 1 unspecified atom stereocenters. The summed E-state index contributed by atoms with van der Waals surface area (Å²) in [5.74, 6) is -0.200. The highest BCUT2D eigenvalue weighted by atomic mass is 16.3. The van der Waals surface area contributed by atoms with Crippen molar-refractivity contribution in [2.24, 2.45) is 5.92 Å². The van der Waals surface area contributed by atoms with Gasteiger partial charge in [0.05, 0.1) is 6.54 Å². The van der Waals surface area contributed by atoms with Crippen molar-refractivity contribution in [1.29, 1.82) is 0 Å². The summed E-state index contributed by atoms with van der Waals surface area (Å²) in [6.45, 7) is 4.61. The molecule has 0 fully saturated rings. The van der Waals surface area contributed by atoms with Gasteiger partial charge in [-0.3, -0.25) is 9.59 Å². The number of carbonyl (C=O) groups excluding carboxylic acids is 2. The van der Waals surface area contributed by atoms with Gasteiger partial charge in [-0.1, -0.05) is 24.6 Å². The summed E-state index contributed by atoms with van der Waals surface area (Å²) in [4.78, 5) is 23.4. The molecule has 0 radical (unpaired) electrons. The SMILES string of the molecule is Cc1ccc(C(=O)NCC(=O)NCCCC(C)CO)cc1. The zero-order chi connectivity index (χ0) is 15.7. The number of amides is 2. The molecule has 116 valence electrons. The monoisotopic (exact) mass is 292 g/mol. The maximum atomic E-state index is 11.8. The third kappa shape index (κ3) is 6.90. The van der Waals surface area contributed by atoms with Crippen molar-refractivity contribution in [2.45, 2.75) is 26.7 Å². The van der Waals surface area contributed by atoms with Crippen LogP contribution in [0.15, 0.2) is 24.3 Å². The lowest BCUT2D eigenvalue weighted by molar-refractivity contribution is -0.120. The van der Waals surface area contributed by atoms with E-state index in [0.717, 1.165) is 18.4 Å². The van der Waals surface area contributed by atoms with E-state index in [2.05, 4.69) is 10.6 Å². The number of benzene rings is 1. The summed E-state index contributed by atoms with van der Waals surface area (Å²) < 4.78 is 0. The molecule has 2 amide bonds. The molecule has 1 atom stereocenters. The molecule has 1 aromatic carbocycles. The molecule has 0 aliphatic rings. The van der Waals surface area contributed by atoms with Gasteiger partial charge in [0.2, 0.25) is 5.91 Å². The zero-order valence-electron chi connectivity index (χ0n) is 12.7. The lowest BCUT2D eigenvalue weighted by atomic mass is 10.1. The van der Waals surface area contributed by atoms with E-state index < -0.39 is 0 Å². The predicted molar refractivity (Wildman–Crippen MR) is 82.0 cm³/mol. The van der Waals surface area contributed by atoms with E-state index >= 15 is 0 Å². The van der Waals surface area contributed by atoms with Gasteiger partial charge in [-0.25, -0.2) is 0 Å². The van der Waals surface area contributed by atoms with Crippen molar-refractivity contribution in [3.63, 3.8) is 0 Å². The van der Waals surface area contributed by atoms with Gasteiger partial charge in [0.1, 0.15) is 0 Å². The molecule has 0 aliphatic carbocycles. The Hall–Kier alpha value is -1.88. The van der Waals surface area contributed by atoms with Gasteiger partial charge in [-0.15, -0.1) is 0 Å². The number of rotatable bonds is 8. The second-order valence-electron chi connectivity index (χ2n) is 5.33. The quantitative estimate of drug-likeness (QED) is 0.631. The van der Waals surface area contributed by atoms with Crippen LogP contribution in [0.2, 0.25) is 0 Å². The zero-order valence-corrected chi connectivity index (χ0v) is 12.7. The van der Waals surface area contributed by atoms with Gasteiger partial charge < -0.3 is 15.7 Å². The number of nitrogens with one attached hydrogen (secondary N) is 2. The van der Waals surface area contributed by atoms with Gasteiger partial charge in [0, 0.05) is 18.7 Å². The van der Waals surface area contributed by atoms with Gasteiger partial charge >= 0.3 is 0 Å². The van der Waals surface area contributed by atoms with Crippen LogP contribution < -0.4 is 10.6 Å². The Morgan fingerprint density at radius 3 is 2.48 bits per heavy atom. The number of hydrogen-bond acceptors (Lipinski definition) is 3. The standard InChI is InChI=1S/C16H24N2O3/c1-12-5-7-14(8-6-12)16(21)18-10-15(20)17-9-3-4-13(2)11-19/h5-8,13,19H,3-4,9-11H2,1-2H3,(H,17,20)(H,18,21). The molecule has 0 aliphatic heterocycles. The Kier molecular flexibility index (Phi) is 7.46. The number of hydrogen-bond donors (Lipinski definition) is 3. The molecule has 1 aromatic rings. The summed E-state index contributed by atoms with van der Waals surface area (Å²) in [6.07, 6.45) is 1.69. The van der Waals surface area contributed by atoms with Crippen molar-refractivity contribution in [1.82, 2.24) is 10.6 Å². The number of aryl methyl sites for hydroxylation is 1. The number of aliphatic hydroxyl groups is 1. The second kappa shape index (κ2) is 9.13. The first-order chi connectivity index (χ1) is 10.0. The third-order valence-corrected chi connectivity index (χ3v) is 3.23. The van der Waals surface area contributed by atoms with Crippen molar-refractivity contribution in [3.05, 3.63) is 35.4 Å². The highest BCUT2D eigenvalue weighted by molar-refractivity contribution is 5.96. The lowest BCUT2D eigenvalue weighted by Crippen LogP contribution is -2.37. The summed E-state index contributed by atoms with van der Waals surface area (Å²) in [7, 11) is 0. The summed E-state index contributed by atoms with van der Waals surface area (Å²) >= 11 is 0. The predicted octanol–water partition coefficient (Wildman–Crippen LogP) is 1.25. The second-order valence-corrected chi connectivity index (χ2v) is 5.33. The summed E-state index contributed by atoms with van der Waals surface area (Å²) in [5.41, 5.74) is 1.63. The molecule has 1 rings (SSSR count). The van der Waals surface area contributed by atoms with Crippen molar-refractivity contribution in [2.75, 3.05) is 19.7 Å². The normalized spacial score (nSPS) is 11.8. The van der Waals surface area contributed by atoms with E-state index in [-0.39, 0.29) is 30.9 Å². The Labute approximate surface area is 125 Å². The molecule has 0 aromatic heterocycles. The average Bonchev–Trinajstić information content (AvgIpc) is 2.49. The molecular formula is C16H24N2O3. The molecule has 0 heterocycles. The summed E-state index contributed by atoms with van der Waals surface area (Å²) in [6, 6.07) is 7.19. The molecule has 0 saturated carbocycles. The van der Waals surface area contributed by atoms with E-state index in [1.54, 1.807) is 12.1 Å². The van der Waals surface area contributed by atoms with E-state index in [1.807, 2.05) is 26.0 Å². The molecule has 0 spiro atoms. The van der Waals surface area contributed by atoms with Crippen molar-refractivity contribution < 1.29 is 14.7 Å². The van der Waals surface area contributed by atoms with Crippen molar-refractivity contribution >= 4 is 11.8 Å². The average molecular weight is 292 g/mol. The maximum Gasteiger partial charge on any atom is 0.251 e. The number of aliphatic hydroxyl groups excluding tert-OH is 1. The summed E-state index contributed by atoms with van der Waals surface area (Å²) in [5, 5.41) is 14.2. The fraction of sp³-hybridized carbons (Fsp3) is 0.500. The van der Waals surface area contributed by atoms with Gasteiger partial charge in [-0.05, 0) is 37.8 Å². The highest BCUT2D eigenvalue weighted by Crippen LogP contribution is 2.03. The van der Waals surface area contributed by atoms with Crippen LogP contribution in [-0.4, -0.2) is 36.6 Å². The van der Waals surface area contributed by atoms with Crippen LogP contribution >= 0.6 is 0 Å². The molecule has 0 saturated heterocycles. The first-order valence-electron chi connectivity index (χ1n) is 7.25. The van der Waals surface area contributed by atoms with Crippen LogP contribution in [0.3, 0.4) is 0 Å². The minimum Gasteiger partial charge on any atom is -0.396 e. The van der Waals surface area contributed by atoms with Crippen LogP contribution in [0.1, 0.15) is 35.7 Å². The van der Waals surface area contributed by atoms with Crippen LogP contribution in [0.4, 0.5) is 0 Å². The fourth-order valence-corrected chi connectivity index (χ4v) is 1.80. The van der Waals surface area contributed by atoms with Gasteiger partial charge in [-0.2, -0.15) is 0 Å². The molecule has 5 nitrogen and oxygen atoms in total. The lowest BCUT2D eigenvalue weighted by Gasteiger charge is -2.09. The van der Waals surface area contributed by atoms with Crippen molar-refractivity contribution in [3.8, 4) is 0 Å². The minimum atomic E-state index is -0.251. The molecule has 5 heteroatoms. The van der Waals surface area contributed by atoms with E-state index in [1.165, 1.54) is 0 Å². The van der Waals surface area contributed by atoms with E-state index in [9.17, 15) is 9.59 Å². The number of carbonyl (C=O) groups is 2. The fourth-order valence-electron chi connectivity index (χ4n) is 1.80.